The van der Waals surface area contributed by atoms with E-state index in [0.717, 1.165) is 17.1 Å². The van der Waals surface area contributed by atoms with Crippen LogP contribution in [0.15, 0.2) is 53.4 Å². The molecular weight excluding hydrogens is 352 g/mol. The minimum absolute atomic E-state index is 0.0885. The lowest BCUT2D eigenvalue weighted by Crippen LogP contribution is -2.25. The molecule has 0 bridgehead atoms. The van der Waals surface area contributed by atoms with Crippen LogP contribution in [0.5, 0.6) is 11.5 Å². The molecule has 0 spiro atoms. The van der Waals surface area contributed by atoms with Gasteiger partial charge in [0, 0.05) is 26.7 Å². The van der Waals surface area contributed by atoms with Crippen molar-refractivity contribution in [1.29, 1.82) is 0 Å². The molecule has 0 aromatic heterocycles. The maximum Gasteiger partial charge on any atom is 0.242 e. The molecule has 2 aromatic rings. The first-order valence-corrected chi connectivity index (χ1v) is 9.81. The van der Waals surface area contributed by atoms with Crippen LogP contribution in [0.4, 0.5) is 0 Å². The van der Waals surface area contributed by atoms with Gasteiger partial charge in [-0.3, -0.25) is 0 Å². The quantitative estimate of drug-likeness (QED) is 0.680. The van der Waals surface area contributed by atoms with E-state index in [1.54, 1.807) is 19.2 Å². The Labute approximate surface area is 155 Å². The Bertz CT molecular complexity index is 787. The monoisotopic (exact) mass is 378 g/mol. The standard InChI is InChI=1S/C19H26N2O4S/c1-15(16-5-11-19(12-6-16)26(22,23)21(2)3)20-13-14-25-18-9-7-17(24-4)8-10-18/h5-12,15,20H,13-14H2,1-4H3/t15-/m0/s1. The molecular formula is C19H26N2O4S. The third-order valence-corrected chi connectivity index (χ3v) is 5.87. The smallest absolute Gasteiger partial charge is 0.242 e. The number of sulfonamides is 1. The van der Waals surface area contributed by atoms with Crippen LogP contribution < -0.4 is 14.8 Å². The molecule has 1 atom stereocenters. The summed E-state index contributed by atoms with van der Waals surface area (Å²) < 4.78 is 36.2. The largest absolute Gasteiger partial charge is 0.497 e. The fraction of sp³-hybridized carbons (Fsp3) is 0.368. The number of rotatable bonds is 9. The summed E-state index contributed by atoms with van der Waals surface area (Å²) in [7, 11) is 1.28. The molecule has 142 valence electrons. The Morgan fingerprint density at radius 2 is 1.58 bits per heavy atom. The minimum atomic E-state index is -3.39. The zero-order valence-electron chi connectivity index (χ0n) is 15.6. The van der Waals surface area contributed by atoms with E-state index >= 15 is 0 Å². The Balaban J connectivity index is 1.83. The maximum atomic E-state index is 12.1. The van der Waals surface area contributed by atoms with E-state index < -0.39 is 10.0 Å². The predicted octanol–water partition coefficient (Wildman–Crippen LogP) is 2.68. The first kappa shape index (κ1) is 20.2. The van der Waals surface area contributed by atoms with Gasteiger partial charge >= 0.3 is 0 Å². The summed E-state index contributed by atoms with van der Waals surface area (Å²) in [6, 6.07) is 14.5. The normalized spacial score (nSPS) is 12.8. The Kier molecular flexibility index (Phi) is 7.02. The van der Waals surface area contributed by atoms with E-state index in [4.69, 9.17) is 9.47 Å². The van der Waals surface area contributed by atoms with Gasteiger partial charge in [0.15, 0.2) is 0 Å². The summed E-state index contributed by atoms with van der Waals surface area (Å²) in [5, 5.41) is 3.36. The van der Waals surface area contributed by atoms with E-state index in [-0.39, 0.29) is 6.04 Å². The molecule has 0 radical (unpaired) electrons. The van der Waals surface area contributed by atoms with Gasteiger partial charge in [0.1, 0.15) is 18.1 Å². The van der Waals surface area contributed by atoms with Crippen LogP contribution in [0.25, 0.3) is 0 Å². The van der Waals surface area contributed by atoms with E-state index in [2.05, 4.69) is 5.32 Å². The fourth-order valence-corrected chi connectivity index (χ4v) is 3.28. The molecule has 0 saturated carbocycles. The number of nitrogens with zero attached hydrogens (tertiary/aromatic N) is 1. The summed E-state index contributed by atoms with van der Waals surface area (Å²) >= 11 is 0. The number of hydrogen-bond donors (Lipinski definition) is 1. The zero-order valence-corrected chi connectivity index (χ0v) is 16.4. The highest BCUT2D eigenvalue weighted by Gasteiger charge is 2.17. The molecule has 2 aromatic carbocycles. The van der Waals surface area contributed by atoms with E-state index in [1.807, 2.05) is 43.3 Å². The van der Waals surface area contributed by atoms with Crippen molar-refractivity contribution >= 4 is 10.0 Å². The molecule has 2 rings (SSSR count). The highest BCUT2D eigenvalue weighted by atomic mass is 32.2. The van der Waals surface area contributed by atoms with Crippen LogP contribution in [-0.2, 0) is 10.0 Å². The SMILES string of the molecule is COc1ccc(OCCN[C@@H](C)c2ccc(S(=O)(=O)N(C)C)cc2)cc1. The Hall–Kier alpha value is -2.09. The molecule has 0 saturated heterocycles. The maximum absolute atomic E-state index is 12.1. The zero-order chi connectivity index (χ0) is 19.2. The average molecular weight is 378 g/mol. The molecule has 1 N–H and O–H groups in total. The second-order valence-corrected chi connectivity index (χ2v) is 8.21. The highest BCUT2D eigenvalue weighted by Crippen LogP contribution is 2.19. The molecule has 0 aliphatic rings. The van der Waals surface area contributed by atoms with Crippen molar-refractivity contribution in [2.75, 3.05) is 34.4 Å². The number of methoxy groups -OCH3 is 1. The van der Waals surface area contributed by atoms with E-state index in [0.29, 0.717) is 18.0 Å². The molecule has 0 aliphatic carbocycles. The van der Waals surface area contributed by atoms with Crippen molar-refractivity contribution in [1.82, 2.24) is 9.62 Å². The lowest BCUT2D eigenvalue weighted by atomic mass is 10.1. The van der Waals surface area contributed by atoms with Crippen molar-refractivity contribution in [2.24, 2.45) is 0 Å². The second kappa shape index (κ2) is 9.02. The number of ether oxygens (including phenoxy) is 2. The van der Waals surface area contributed by atoms with Gasteiger partial charge in [-0.2, -0.15) is 0 Å². The van der Waals surface area contributed by atoms with Gasteiger partial charge in [0.2, 0.25) is 10.0 Å². The van der Waals surface area contributed by atoms with Crippen LogP contribution in [0.3, 0.4) is 0 Å². The van der Waals surface area contributed by atoms with Crippen LogP contribution >= 0.6 is 0 Å². The fourth-order valence-electron chi connectivity index (χ4n) is 2.37. The van der Waals surface area contributed by atoms with Crippen LogP contribution in [0, 0.1) is 0 Å². The van der Waals surface area contributed by atoms with Crippen LogP contribution in [-0.4, -0.2) is 47.1 Å². The predicted molar refractivity (Wildman–Crippen MR) is 102 cm³/mol. The van der Waals surface area contributed by atoms with Gasteiger partial charge in [-0.15, -0.1) is 0 Å². The van der Waals surface area contributed by atoms with Crippen molar-refractivity contribution < 1.29 is 17.9 Å². The lowest BCUT2D eigenvalue weighted by Gasteiger charge is -2.16. The molecule has 0 amide bonds. The lowest BCUT2D eigenvalue weighted by molar-refractivity contribution is 0.307. The van der Waals surface area contributed by atoms with E-state index in [9.17, 15) is 8.42 Å². The third kappa shape index (κ3) is 5.20. The molecule has 26 heavy (non-hydrogen) atoms. The summed E-state index contributed by atoms with van der Waals surface area (Å²) in [6.07, 6.45) is 0. The molecule has 7 heteroatoms. The van der Waals surface area contributed by atoms with Gasteiger partial charge in [-0.05, 0) is 48.9 Å². The average Bonchev–Trinajstić information content (AvgIpc) is 2.65. The van der Waals surface area contributed by atoms with E-state index in [1.165, 1.54) is 18.4 Å². The molecule has 0 heterocycles. The third-order valence-electron chi connectivity index (χ3n) is 4.04. The first-order chi connectivity index (χ1) is 12.3. The van der Waals surface area contributed by atoms with Crippen molar-refractivity contribution in [3.8, 4) is 11.5 Å². The summed E-state index contributed by atoms with van der Waals surface area (Å²) in [5.41, 5.74) is 1.02. The molecule has 6 nitrogen and oxygen atoms in total. The molecule has 0 fully saturated rings. The van der Waals surface area contributed by atoms with Crippen LogP contribution in [0.1, 0.15) is 18.5 Å². The van der Waals surface area contributed by atoms with Gasteiger partial charge in [0.05, 0.1) is 12.0 Å². The van der Waals surface area contributed by atoms with Gasteiger partial charge in [-0.1, -0.05) is 12.1 Å². The summed E-state index contributed by atoms with van der Waals surface area (Å²) in [4.78, 5) is 0.293. The minimum Gasteiger partial charge on any atom is -0.497 e. The van der Waals surface area contributed by atoms with Gasteiger partial charge in [-0.25, -0.2) is 12.7 Å². The summed E-state index contributed by atoms with van der Waals surface area (Å²) in [6.45, 7) is 3.23. The molecule has 0 aliphatic heterocycles. The topological polar surface area (TPSA) is 67.9 Å². The number of nitrogens with one attached hydrogen (secondary N) is 1. The van der Waals surface area contributed by atoms with Gasteiger partial charge in [0.25, 0.3) is 0 Å². The van der Waals surface area contributed by atoms with Crippen molar-refractivity contribution in [3.05, 3.63) is 54.1 Å². The Morgan fingerprint density at radius 3 is 2.12 bits per heavy atom. The highest BCUT2D eigenvalue weighted by molar-refractivity contribution is 7.89. The molecule has 0 unspecified atom stereocenters. The van der Waals surface area contributed by atoms with Crippen LogP contribution in [0.2, 0.25) is 0 Å². The van der Waals surface area contributed by atoms with Gasteiger partial charge < -0.3 is 14.8 Å². The first-order valence-electron chi connectivity index (χ1n) is 8.37. The number of benzene rings is 2. The number of hydrogen-bond acceptors (Lipinski definition) is 5. The Morgan fingerprint density at radius 1 is 1.00 bits per heavy atom. The summed E-state index contributed by atoms with van der Waals surface area (Å²) in [5.74, 6) is 1.59. The second-order valence-electron chi connectivity index (χ2n) is 6.06. The van der Waals surface area contributed by atoms with Crippen molar-refractivity contribution in [2.45, 2.75) is 17.9 Å². The van der Waals surface area contributed by atoms with Crippen molar-refractivity contribution in [3.63, 3.8) is 0 Å².